The molecule has 3 aliphatic rings. The van der Waals surface area contributed by atoms with Crippen molar-refractivity contribution >= 4 is 55.8 Å². The SMILES string of the molecule is C1=CC2=[N+](c3cc(-c4ccccc4)cc(-c4ccccc4)c3)c3ccccc3N3c4c(ccc5c6ccccc6n(-c6ccccc6)c45)C(=C1)C23. The van der Waals surface area contributed by atoms with Crippen LogP contribution in [0.4, 0.5) is 22.7 Å². The fraction of sp³-hybridized carbons (Fsp3) is 0.0208. The predicted molar refractivity (Wildman–Crippen MR) is 214 cm³/mol. The molecule has 0 N–H and O–H groups in total. The van der Waals surface area contributed by atoms with E-state index in [1.54, 1.807) is 0 Å². The van der Waals surface area contributed by atoms with Crippen LogP contribution in [0.5, 0.6) is 0 Å². The van der Waals surface area contributed by atoms with Gasteiger partial charge in [-0.05, 0) is 58.2 Å². The first-order chi connectivity index (χ1) is 25.3. The Labute approximate surface area is 296 Å². The zero-order valence-corrected chi connectivity index (χ0v) is 27.8. The molecule has 11 rings (SSSR count). The lowest BCUT2D eigenvalue weighted by molar-refractivity contribution is 0.932. The fourth-order valence-corrected chi connectivity index (χ4v) is 8.67. The van der Waals surface area contributed by atoms with Crippen LogP contribution in [-0.2, 0) is 0 Å². The smallest absolute Gasteiger partial charge is 0.235 e. The van der Waals surface area contributed by atoms with E-state index in [9.17, 15) is 0 Å². The number of rotatable bonds is 4. The molecule has 0 bridgehead atoms. The fourth-order valence-electron chi connectivity index (χ4n) is 8.67. The molecule has 1 atom stereocenters. The van der Waals surface area contributed by atoms with E-state index in [0.29, 0.717) is 0 Å². The van der Waals surface area contributed by atoms with Gasteiger partial charge in [-0.1, -0.05) is 133 Å². The summed E-state index contributed by atoms with van der Waals surface area (Å²) in [5.41, 5.74) is 17.1. The molecule has 0 saturated carbocycles. The predicted octanol–water partition coefficient (Wildman–Crippen LogP) is 11.9. The van der Waals surface area contributed by atoms with Crippen LogP contribution in [-0.4, -0.2) is 16.3 Å². The highest BCUT2D eigenvalue weighted by Crippen LogP contribution is 2.55. The van der Waals surface area contributed by atoms with Gasteiger partial charge in [-0.3, -0.25) is 0 Å². The Hall–Kier alpha value is -6.71. The first-order valence-corrected chi connectivity index (χ1v) is 17.6. The summed E-state index contributed by atoms with van der Waals surface area (Å²) in [6.45, 7) is 0. The maximum Gasteiger partial charge on any atom is 0.235 e. The topological polar surface area (TPSA) is 11.2 Å². The van der Waals surface area contributed by atoms with Crippen LogP contribution in [0.25, 0.3) is 55.3 Å². The van der Waals surface area contributed by atoms with Crippen molar-refractivity contribution in [1.29, 1.82) is 0 Å². The van der Waals surface area contributed by atoms with Gasteiger partial charge < -0.3 is 9.47 Å². The molecule has 8 aromatic rings. The monoisotopic (exact) mass is 650 g/mol. The van der Waals surface area contributed by atoms with E-state index in [1.807, 2.05) is 0 Å². The normalized spacial score (nSPS) is 15.6. The van der Waals surface area contributed by atoms with E-state index in [2.05, 4.69) is 202 Å². The molecule has 0 radical (unpaired) electrons. The highest BCUT2D eigenvalue weighted by Gasteiger charge is 2.49. The quantitative estimate of drug-likeness (QED) is 0.173. The summed E-state index contributed by atoms with van der Waals surface area (Å²) in [4.78, 5) is 2.62. The number of nitrogens with zero attached hydrogens (tertiary/aromatic N) is 3. The Balaban J connectivity index is 1.21. The van der Waals surface area contributed by atoms with E-state index < -0.39 is 0 Å². The largest absolute Gasteiger partial charge is 0.316 e. The second kappa shape index (κ2) is 10.9. The molecule has 51 heavy (non-hydrogen) atoms. The molecule has 3 heteroatoms. The number of hydrogen-bond acceptors (Lipinski definition) is 1. The van der Waals surface area contributed by atoms with Crippen LogP contribution >= 0.6 is 0 Å². The van der Waals surface area contributed by atoms with E-state index >= 15 is 0 Å². The minimum Gasteiger partial charge on any atom is -0.316 e. The lowest BCUT2D eigenvalue weighted by Crippen LogP contribution is -2.43. The van der Waals surface area contributed by atoms with Gasteiger partial charge in [-0.25, -0.2) is 0 Å². The van der Waals surface area contributed by atoms with Crippen LogP contribution in [0.15, 0.2) is 188 Å². The molecule has 0 saturated heterocycles. The molecular formula is C48H32N3+. The van der Waals surface area contributed by atoms with E-state index in [-0.39, 0.29) is 6.04 Å². The number of benzene rings is 7. The van der Waals surface area contributed by atoms with Gasteiger partial charge in [0.2, 0.25) is 17.1 Å². The second-order valence-corrected chi connectivity index (χ2v) is 13.5. The van der Waals surface area contributed by atoms with Crippen LogP contribution in [0.1, 0.15) is 5.56 Å². The van der Waals surface area contributed by atoms with Crippen molar-refractivity contribution in [2.24, 2.45) is 0 Å². The molecule has 1 unspecified atom stereocenters. The van der Waals surface area contributed by atoms with Gasteiger partial charge in [0, 0.05) is 46.3 Å². The van der Waals surface area contributed by atoms with Crippen molar-refractivity contribution in [1.82, 2.24) is 9.14 Å². The molecule has 0 amide bonds. The van der Waals surface area contributed by atoms with Gasteiger partial charge in [0.25, 0.3) is 0 Å². The third-order valence-corrected chi connectivity index (χ3v) is 10.8. The average molecular weight is 651 g/mol. The Morgan fingerprint density at radius 2 is 1.18 bits per heavy atom. The first-order valence-electron chi connectivity index (χ1n) is 17.6. The third-order valence-electron chi connectivity index (χ3n) is 10.8. The van der Waals surface area contributed by atoms with Gasteiger partial charge in [0.05, 0.1) is 16.7 Å². The molecule has 3 nitrogen and oxygen atoms in total. The van der Waals surface area contributed by atoms with E-state index in [0.717, 1.165) is 5.69 Å². The summed E-state index contributed by atoms with van der Waals surface area (Å²) < 4.78 is 4.98. The summed E-state index contributed by atoms with van der Waals surface area (Å²) in [5, 5.41) is 2.54. The van der Waals surface area contributed by atoms with Gasteiger partial charge in [0.15, 0.2) is 0 Å². The van der Waals surface area contributed by atoms with Crippen molar-refractivity contribution < 1.29 is 0 Å². The van der Waals surface area contributed by atoms with Gasteiger partial charge in [-0.15, -0.1) is 0 Å². The Morgan fingerprint density at radius 3 is 1.92 bits per heavy atom. The van der Waals surface area contributed by atoms with Gasteiger partial charge in [0.1, 0.15) is 11.7 Å². The molecule has 1 aliphatic carbocycles. The Morgan fingerprint density at radius 1 is 0.529 bits per heavy atom. The molecule has 7 aromatic carbocycles. The average Bonchev–Trinajstić information content (AvgIpc) is 3.73. The molecule has 2 aliphatic heterocycles. The summed E-state index contributed by atoms with van der Waals surface area (Å²) in [5.74, 6) is 0. The number of anilines is 2. The van der Waals surface area contributed by atoms with Gasteiger partial charge in [-0.2, -0.15) is 4.58 Å². The molecule has 0 fully saturated rings. The zero-order valence-electron chi connectivity index (χ0n) is 27.8. The Kier molecular flexibility index (Phi) is 6.02. The molecule has 238 valence electrons. The van der Waals surface area contributed by atoms with Crippen molar-refractivity contribution in [3.05, 3.63) is 194 Å². The van der Waals surface area contributed by atoms with Crippen molar-refractivity contribution in [2.45, 2.75) is 6.04 Å². The highest BCUT2D eigenvalue weighted by molar-refractivity contribution is 6.25. The molecule has 1 aromatic heterocycles. The second-order valence-electron chi connectivity index (χ2n) is 13.5. The lowest BCUT2D eigenvalue weighted by Gasteiger charge is -2.33. The summed E-state index contributed by atoms with van der Waals surface area (Å²) >= 11 is 0. The molecule has 0 spiro atoms. The first kappa shape index (κ1) is 28.2. The van der Waals surface area contributed by atoms with E-state index in [1.165, 1.54) is 83.7 Å². The third kappa shape index (κ3) is 4.09. The number of fused-ring (bicyclic) bond motifs is 9. The highest BCUT2D eigenvalue weighted by atomic mass is 15.3. The maximum atomic E-state index is 2.62. The minimum absolute atomic E-state index is 0.0216. The van der Waals surface area contributed by atoms with Crippen LogP contribution in [0.2, 0.25) is 0 Å². The van der Waals surface area contributed by atoms with Crippen LogP contribution in [0.3, 0.4) is 0 Å². The van der Waals surface area contributed by atoms with Crippen LogP contribution < -0.4 is 9.48 Å². The number of para-hydroxylation sites is 4. The number of aromatic nitrogens is 1. The molecular weight excluding hydrogens is 619 g/mol. The molecule has 3 heterocycles. The zero-order chi connectivity index (χ0) is 33.5. The number of hydrogen-bond donors (Lipinski definition) is 0. The summed E-state index contributed by atoms with van der Waals surface area (Å²) in [6, 6.07) is 61.9. The Bertz CT molecular complexity index is 2730. The van der Waals surface area contributed by atoms with Crippen molar-refractivity contribution in [2.75, 3.05) is 4.90 Å². The van der Waals surface area contributed by atoms with Gasteiger partial charge >= 0.3 is 0 Å². The summed E-state index contributed by atoms with van der Waals surface area (Å²) in [7, 11) is 0. The van der Waals surface area contributed by atoms with Crippen LogP contribution in [0, 0.1) is 0 Å². The maximum absolute atomic E-state index is 2.62. The lowest BCUT2D eigenvalue weighted by atomic mass is 9.91. The summed E-state index contributed by atoms with van der Waals surface area (Å²) in [6.07, 6.45) is 6.89. The van der Waals surface area contributed by atoms with Crippen molar-refractivity contribution in [3.8, 4) is 27.9 Å². The number of allylic oxidation sites excluding steroid dienone is 2. The van der Waals surface area contributed by atoms with Crippen molar-refractivity contribution in [3.63, 3.8) is 0 Å². The van der Waals surface area contributed by atoms with E-state index in [4.69, 9.17) is 0 Å². The minimum atomic E-state index is 0.0216. The standard InChI is InChI=1S/C48H32N3/c1-4-15-32(16-5-1)34-29-35(33-17-6-2-7-18-33)31-37(30-34)49-43-24-12-13-25-44(43)51-46-39(22-14-26-45(46)49)41-28-27-40-38-21-10-11-23-42(38)50(47(40)48(41)51)36-19-8-3-9-20-36/h1-31,46H/q+1.